The lowest BCUT2D eigenvalue weighted by Gasteiger charge is -2.38. The fraction of sp³-hybridized carbons (Fsp3) is 0.400. The van der Waals surface area contributed by atoms with Gasteiger partial charge in [0.2, 0.25) is 5.91 Å². The van der Waals surface area contributed by atoms with Gasteiger partial charge in [-0.3, -0.25) is 14.3 Å². The highest BCUT2D eigenvalue weighted by Crippen LogP contribution is 2.34. The van der Waals surface area contributed by atoms with Crippen LogP contribution in [0.2, 0.25) is 0 Å². The molecule has 2 aliphatic rings. The number of hydrogen-bond donors (Lipinski definition) is 1. The van der Waals surface area contributed by atoms with E-state index in [-0.39, 0.29) is 35.8 Å². The molecule has 1 atom stereocenters. The number of fused-ring (bicyclic) bond motifs is 1. The minimum atomic E-state index is -0.499. The summed E-state index contributed by atoms with van der Waals surface area (Å²) in [7, 11) is 3.55. The van der Waals surface area contributed by atoms with Crippen LogP contribution in [0.4, 0.5) is 10.2 Å². The number of carbonyl (C=O) groups excluding carboxylic acids is 2. The number of pyridine rings is 1. The van der Waals surface area contributed by atoms with Gasteiger partial charge in [-0.05, 0) is 18.9 Å². The number of likely N-dealkylation sites (tertiary alicyclic amines) is 1. The zero-order valence-electron chi connectivity index (χ0n) is 16.5. The van der Waals surface area contributed by atoms with Crippen molar-refractivity contribution in [2.45, 2.75) is 25.4 Å². The Morgan fingerprint density at radius 1 is 1.48 bits per heavy atom. The Hall–Kier alpha value is -3.23. The van der Waals surface area contributed by atoms with Crippen molar-refractivity contribution in [2.75, 3.05) is 25.0 Å². The van der Waals surface area contributed by atoms with Crippen molar-refractivity contribution in [2.24, 2.45) is 7.05 Å². The summed E-state index contributed by atoms with van der Waals surface area (Å²) in [6, 6.07) is -0.0838. The van der Waals surface area contributed by atoms with E-state index in [0.29, 0.717) is 29.9 Å². The van der Waals surface area contributed by atoms with Crippen molar-refractivity contribution < 1.29 is 14.0 Å². The number of hydrogen-bond acceptors (Lipinski definition) is 5. The molecule has 1 saturated heterocycles. The summed E-state index contributed by atoms with van der Waals surface area (Å²) in [6.07, 6.45) is 6.29. The van der Waals surface area contributed by atoms with Gasteiger partial charge in [-0.2, -0.15) is 5.10 Å². The fourth-order valence-electron chi connectivity index (χ4n) is 4.03. The third-order valence-corrected chi connectivity index (χ3v) is 5.61. The van der Waals surface area contributed by atoms with Crippen LogP contribution in [0.15, 0.2) is 25.0 Å². The van der Waals surface area contributed by atoms with Gasteiger partial charge in [-0.15, -0.1) is 0 Å². The zero-order valence-corrected chi connectivity index (χ0v) is 16.5. The van der Waals surface area contributed by atoms with E-state index in [1.807, 2.05) is 0 Å². The smallest absolute Gasteiger partial charge is 0.254 e. The van der Waals surface area contributed by atoms with Gasteiger partial charge in [0.1, 0.15) is 0 Å². The summed E-state index contributed by atoms with van der Waals surface area (Å²) in [5, 5.41) is 6.84. The van der Waals surface area contributed by atoms with E-state index < -0.39 is 5.82 Å². The van der Waals surface area contributed by atoms with Gasteiger partial charge in [0.25, 0.3) is 5.91 Å². The van der Waals surface area contributed by atoms with E-state index >= 15 is 4.39 Å². The molecule has 0 unspecified atom stereocenters. The van der Waals surface area contributed by atoms with Crippen LogP contribution in [0.3, 0.4) is 0 Å². The van der Waals surface area contributed by atoms with Gasteiger partial charge in [0.15, 0.2) is 11.6 Å². The maximum absolute atomic E-state index is 15.4. The lowest BCUT2D eigenvalue weighted by molar-refractivity contribution is -0.127. The highest BCUT2D eigenvalue weighted by atomic mass is 19.1. The largest absolute Gasteiger partial charge is 0.352 e. The predicted molar refractivity (Wildman–Crippen MR) is 106 cm³/mol. The van der Waals surface area contributed by atoms with Crippen molar-refractivity contribution >= 4 is 17.6 Å². The molecule has 0 saturated carbocycles. The molecule has 0 bridgehead atoms. The monoisotopic (exact) mass is 398 g/mol. The van der Waals surface area contributed by atoms with Gasteiger partial charge in [-0.1, -0.05) is 6.58 Å². The molecule has 152 valence electrons. The molecule has 1 N–H and O–H groups in total. The minimum Gasteiger partial charge on any atom is -0.352 e. The number of likely N-dealkylation sites (N-methyl/N-ethyl adjacent to an activating group) is 1. The quantitative estimate of drug-likeness (QED) is 0.789. The standard InChI is InChI=1S/C20H23FN6O2/c1-4-15(28)27-7-5-6-13(11-27)26(3)19-17(21)14-9-22-20(29)16(14)18(24-19)12-8-23-25(2)10-12/h4,8,10,13H,1,5-7,9,11H2,2-3H3,(H,22,29)/t13-/m0/s1. The van der Waals surface area contributed by atoms with Crippen molar-refractivity contribution in [3.8, 4) is 11.3 Å². The van der Waals surface area contributed by atoms with Crippen LogP contribution in [0.1, 0.15) is 28.8 Å². The number of anilines is 1. The molecule has 29 heavy (non-hydrogen) atoms. The van der Waals surface area contributed by atoms with Gasteiger partial charge in [0.05, 0.1) is 17.5 Å². The Morgan fingerprint density at radius 2 is 2.28 bits per heavy atom. The van der Waals surface area contributed by atoms with E-state index in [4.69, 9.17) is 0 Å². The lowest BCUT2D eigenvalue weighted by Crippen LogP contribution is -2.48. The molecular weight excluding hydrogens is 375 g/mol. The molecule has 4 heterocycles. The number of rotatable bonds is 4. The molecule has 2 aliphatic heterocycles. The van der Waals surface area contributed by atoms with Gasteiger partial charge < -0.3 is 15.1 Å². The first-order valence-electron chi connectivity index (χ1n) is 9.54. The second kappa shape index (κ2) is 7.31. The summed E-state index contributed by atoms with van der Waals surface area (Å²) in [6.45, 7) is 4.81. The third kappa shape index (κ3) is 3.26. The lowest BCUT2D eigenvalue weighted by atomic mass is 10.0. The maximum Gasteiger partial charge on any atom is 0.254 e. The first kappa shape index (κ1) is 19.1. The first-order valence-corrected chi connectivity index (χ1v) is 9.54. The second-order valence-electron chi connectivity index (χ2n) is 7.43. The normalized spacial score (nSPS) is 18.4. The number of nitrogens with zero attached hydrogens (tertiary/aromatic N) is 5. The fourth-order valence-corrected chi connectivity index (χ4v) is 4.03. The van der Waals surface area contributed by atoms with Crippen LogP contribution < -0.4 is 10.2 Å². The van der Waals surface area contributed by atoms with Crippen LogP contribution in [0.25, 0.3) is 11.3 Å². The number of aromatic nitrogens is 3. The Labute approximate surface area is 168 Å². The molecule has 0 radical (unpaired) electrons. The van der Waals surface area contributed by atoms with Crippen molar-refractivity contribution in [3.63, 3.8) is 0 Å². The summed E-state index contributed by atoms with van der Waals surface area (Å²) in [4.78, 5) is 32.4. The van der Waals surface area contributed by atoms with E-state index in [1.54, 1.807) is 41.0 Å². The van der Waals surface area contributed by atoms with Crippen molar-refractivity contribution in [3.05, 3.63) is 42.0 Å². The molecule has 9 heteroatoms. The highest BCUT2D eigenvalue weighted by Gasteiger charge is 2.34. The SMILES string of the molecule is C=CC(=O)N1CCC[C@H](N(C)c2nc(-c3cnn(C)c3)c3c(c2F)CNC3=O)C1. The van der Waals surface area contributed by atoms with Gasteiger partial charge in [-0.25, -0.2) is 9.37 Å². The van der Waals surface area contributed by atoms with Crippen LogP contribution in [-0.4, -0.2) is 57.7 Å². The molecule has 4 rings (SSSR count). The molecule has 2 aromatic rings. The molecule has 0 spiro atoms. The molecule has 2 aromatic heterocycles. The Kier molecular flexibility index (Phi) is 4.81. The number of carbonyl (C=O) groups is 2. The maximum atomic E-state index is 15.4. The van der Waals surface area contributed by atoms with Gasteiger partial charge >= 0.3 is 0 Å². The van der Waals surface area contributed by atoms with Crippen LogP contribution >= 0.6 is 0 Å². The number of nitrogens with one attached hydrogen (secondary N) is 1. The summed E-state index contributed by atoms with van der Waals surface area (Å²) >= 11 is 0. The summed E-state index contributed by atoms with van der Waals surface area (Å²) < 4.78 is 17.0. The van der Waals surface area contributed by atoms with Gasteiger partial charge in [0, 0.05) is 57.1 Å². The molecule has 1 fully saturated rings. The number of piperidine rings is 1. The molecular formula is C20H23FN6O2. The summed E-state index contributed by atoms with van der Waals surface area (Å²) in [5.74, 6) is -0.783. The molecule has 0 aliphatic carbocycles. The Morgan fingerprint density at radius 3 is 2.97 bits per heavy atom. The molecule has 2 amide bonds. The minimum absolute atomic E-state index is 0.0838. The van der Waals surface area contributed by atoms with E-state index in [2.05, 4.69) is 22.0 Å². The molecule has 0 aromatic carbocycles. The third-order valence-electron chi connectivity index (χ3n) is 5.61. The van der Waals surface area contributed by atoms with Crippen molar-refractivity contribution in [1.29, 1.82) is 0 Å². The number of halogens is 1. The number of amides is 2. The summed E-state index contributed by atoms with van der Waals surface area (Å²) in [5.41, 5.74) is 1.66. The second-order valence-corrected chi connectivity index (χ2v) is 7.43. The average Bonchev–Trinajstić information content (AvgIpc) is 3.34. The van der Waals surface area contributed by atoms with E-state index in [0.717, 1.165) is 12.8 Å². The predicted octanol–water partition coefficient (Wildman–Crippen LogP) is 1.48. The average molecular weight is 398 g/mol. The topological polar surface area (TPSA) is 83.4 Å². The zero-order chi connectivity index (χ0) is 20.7. The first-order chi connectivity index (χ1) is 13.9. The van der Waals surface area contributed by atoms with Crippen molar-refractivity contribution in [1.82, 2.24) is 25.0 Å². The van der Waals surface area contributed by atoms with E-state index in [1.165, 1.54) is 6.08 Å². The highest BCUT2D eigenvalue weighted by molar-refractivity contribution is 6.04. The van der Waals surface area contributed by atoms with E-state index in [9.17, 15) is 9.59 Å². The van der Waals surface area contributed by atoms with Crippen LogP contribution in [-0.2, 0) is 18.4 Å². The Balaban J connectivity index is 1.75. The van der Waals surface area contributed by atoms with Crippen LogP contribution in [0.5, 0.6) is 0 Å². The number of aryl methyl sites for hydroxylation is 1. The van der Waals surface area contributed by atoms with Crippen LogP contribution in [0, 0.1) is 5.82 Å². The molecule has 8 nitrogen and oxygen atoms in total. The Bertz CT molecular complexity index is 1000.